The largest absolute Gasteiger partial charge is 0.495 e. The Hall–Kier alpha value is -1.00. The number of hydrogen-bond acceptors (Lipinski definition) is 2. The number of ether oxygens (including phenoxy) is 1. The van der Waals surface area contributed by atoms with Crippen LogP contribution in [0, 0.1) is 6.92 Å². The van der Waals surface area contributed by atoms with Crippen LogP contribution in [-0.4, -0.2) is 11.7 Å². The summed E-state index contributed by atoms with van der Waals surface area (Å²) in [5.74, 6) is 0.870. The van der Waals surface area contributed by atoms with Crippen molar-refractivity contribution in [1.82, 2.24) is 4.57 Å². The van der Waals surface area contributed by atoms with Crippen molar-refractivity contribution < 1.29 is 4.74 Å². The van der Waals surface area contributed by atoms with Crippen molar-refractivity contribution in [2.75, 3.05) is 7.11 Å². The molecule has 0 unspecified atom stereocenters. The molecule has 2 rings (SSSR count). The van der Waals surface area contributed by atoms with Crippen molar-refractivity contribution in [3.8, 4) is 5.75 Å². The van der Waals surface area contributed by atoms with Crippen molar-refractivity contribution in [3.63, 3.8) is 0 Å². The number of fused-ring (bicyclic) bond motifs is 1. The Kier molecular flexibility index (Phi) is 3.19. The number of nitrogens with two attached hydrogens (primary N) is 1. The highest BCUT2D eigenvalue weighted by Crippen LogP contribution is 2.40. The predicted octanol–water partition coefficient (Wildman–Crippen LogP) is 3.45. The number of halogens is 1. The minimum Gasteiger partial charge on any atom is -0.495 e. The number of aromatic nitrogens is 1. The van der Waals surface area contributed by atoms with Crippen LogP contribution in [0.25, 0.3) is 10.9 Å². The molecule has 0 radical (unpaired) electrons. The van der Waals surface area contributed by atoms with Gasteiger partial charge in [-0.05, 0) is 48.3 Å². The van der Waals surface area contributed by atoms with Gasteiger partial charge in [0.2, 0.25) is 0 Å². The van der Waals surface area contributed by atoms with Gasteiger partial charge >= 0.3 is 0 Å². The summed E-state index contributed by atoms with van der Waals surface area (Å²) in [7, 11) is 3.72. The van der Waals surface area contributed by atoms with E-state index in [1.165, 1.54) is 10.9 Å². The predicted molar refractivity (Wildman–Crippen MR) is 79.1 cm³/mol. The number of hydrogen-bond donors (Lipinski definition) is 1. The molecule has 0 aliphatic carbocycles. The van der Waals surface area contributed by atoms with Crippen LogP contribution < -0.4 is 10.5 Å². The van der Waals surface area contributed by atoms with E-state index < -0.39 is 5.54 Å². The lowest BCUT2D eigenvalue weighted by molar-refractivity contribution is 0.417. The van der Waals surface area contributed by atoms with Gasteiger partial charge in [-0.15, -0.1) is 0 Å². The Morgan fingerprint density at radius 2 is 1.94 bits per heavy atom. The maximum atomic E-state index is 6.27. The van der Waals surface area contributed by atoms with Gasteiger partial charge in [0.25, 0.3) is 0 Å². The third-order valence-electron chi connectivity index (χ3n) is 3.28. The van der Waals surface area contributed by atoms with Crippen LogP contribution in [0.4, 0.5) is 0 Å². The average Bonchev–Trinajstić information content (AvgIpc) is 2.52. The molecule has 1 heterocycles. The standard InChI is InChI=1S/C14H19BrN2O/c1-8-6-7-9(18-5)12-10(8)11(15)13(17(12)4)14(2,3)16/h6-7H,16H2,1-5H3. The second-order valence-corrected chi connectivity index (χ2v) is 6.04. The van der Waals surface area contributed by atoms with E-state index in [1.54, 1.807) is 7.11 Å². The zero-order valence-corrected chi connectivity index (χ0v) is 13.1. The zero-order valence-electron chi connectivity index (χ0n) is 11.5. The van der Waals surface area contributed by atoms with E-state index >= 15 is 0 Å². The van der Waals surface area contributed by atoms with E-state index in [1.807, 2.05) is 27.0 Å². The molecule has 3 nitrogen and oxygen atoms in total. The molecule has 1 aromatic heterocycles. The Labute approximate surface area is 116 Å². The molecule has 2 N–H and O–H groups in total. The summed E-state index contributed by atoms with van der Waals surface area (Å²) in [6.07, 6.45) is 0. The maximum Gasteiger partial charge on any atom is 0.143 e. The summed E-state index contributed by atoms with van der Waals surface area (Å²) in [5.41, 5.74) is 9.23. The first-order valence-electron chi connectivity index (χ1n) is 5.90. The molecule has 0 saturated carbocycles. The summed E-state index contributed by atoms with van der Waals surface area (Å²) >= 11 is 3.70. The van der Waals surface area contributed by atoms with E-state index in [2.05, 4.69) is 33.5 Å². The van der Waals surface area contributed by atoms with Gasteiger partial charge in [0.1, 0.15) is 5.75 Å². The van der Waals surface area contributed by atoms with Gasteiger partial charge in [-0.3, -0.25) is 0 Å². The number of rotatable bonds is 2. The first-order chi connectivity index (χ1) is 8.29. The molecule has 2 aromatic rings. The van der Waals surface area contributed by atoms with Crippen molar-refractivity contribution in [3.05, 3.63) is 27.9 Å². The fourth-order valence-corrected chi connectivity index (χ4v) is 3.82. The summed E-state index contributed by atoms with van der Waals surface area (Å²) in [6.45, 7) is 6.11. The van der Waals surface area contributed by atoms with Gasteiger partial charge in [0.15, 0.2) is 0 Å². The molecule has 0 atom stereocenters. The average molecular weight is 311 g/mol. The normalized spacial score (nSPS) is 12.2. The fraction of sp³-hybridized carbons (Fsp3) is 0.429. The zero-order chi connectivity index (χ0) is 13.7. The third kappa shape index (κ3) is 1.84. The van der Waals surface area contributed by atoms with E-state index in [-0.39, 0.29) is 0 Å². The Bertz CT molecular complexity index is 609. The Morgan fingerprint density at radius 1 is 1.33 bits per heavy atom. The van der Waals surface area contributed by atoms with Gasteiger partial charge < -0.3 is 15.0 Å². The molecule has 0 spiro atoms. The molecule has 0 aliphatic heterocycles. The van der Waals surface area contributed by atoms with Gasteiger partial charge in [0, 0.05) is 16.9 Å². The molecule has 1 aromatic carbocycles. The molecular weight excluding hydrogens is 292 g/mol. The second-order valence-electron chi connectivity index (χ2n) is 5.25. The minimum absolute atomic E-state index is 0.413. The SMILES string of the molecule is COc1ccc(C)c2c(Br)c(C(C)(C)N)n(C)c12. The summed E-state index contributed by atoms with van der Waals surface area (Å²) < 4.78 is 8.64. The van der Waals surface area contributed by atoms with Crippen LogP contribution in [0.15, 0.2) is 16.6 Å². The topological polar surface area (TPSA) is 40.2 Å². The molecule has 0 amide bonds. The molecule has 0 saturated heterocycles. The Balaban J connectivity index is 2.98. The molecule has 98 valence electrons. The number of methoxy groups -OCH3 is 1. The van der Waals surface area contributed by atoms with Crippen LogP contribution in [-0.2, 0) is 12.6 Å². The minimum atomic E-state index is -0.413. The van der Waals surface area contributed by atoms with E-state index in [0.717, 1.165) is 21.4 Å². The summed E-state index contributed by atoms with van der Waals surface area (Å²) in [6, 6.07) is 4.07. The molecular formula is C14H19BrN2O. The van der Waals surface area contributed by atoms with Crippen LogP contribution in [0.1, 0.15) is 25.1 Å². The van der Waals surface area contributed by atoms with Crippen molar-refractivity contribution in [1.29, 1.82) is 0 Å². The number of nitrogens with zero attached hydrogens (tertiary/aromatic N) is 1. The monoisotopic (exact) mass is 310 g/mol. The van der Waals surface area contributed by atoms with Crippen LogP contribution in [0.5, 0.6) is 5.75 Å². The molecule has 18 heavy (non-hydrogen) atoms. The fourth-order valence-electron chi connectivity index (χ4n) is 2.54. The van der Waals surface area contributed by atoms with E-state index in [4.69, 9.17) is 10.5 Å². The maximum absolute atomic E-state index is 6.27. The highest BCUT2D eigenvalue weighted by Gasteiger charge is 2.26. The third-order valence-corrected chi connectivity index (χ3v) is 4.05. The highest BCUT2D eigenvalue weighted by molar-refractivity contribution is 9.10. The van der Waals surface area contributed by atoms with E-state index in [9.17, 15) is 0 Å². The molecule has 0 fully saturated rings. The van der Waals surface area contributed by atoms with Crippen molar-refractivity contribution in [2.45, 2.75) is 26.3 Å². The molecule has 0 aliphatic rings. The van der Waals surface area contributed by atoms with Gasteiger partial charge in [-0.1, -0.05) is 6.07 Å². The Morgan fingerprint density at radius 3 is 2.44 bits per heavy atom. The summed E-state index contributed by atoms with van der Waals surface area (Å²) in [5, 5.41) is 1.17. The van der Waals surface area contributed by atoms with Gasteiger partial charge in [-0.25, -0.2) is 0 Å². The van der Waals surface area contributed by atoms with Gasteiger partial charge in [0.05, 0.1) is 23.9 Å². The van der Waals surface area contributed by atoms with E-state index in [0.29, 0.717) is 0 Å². The number of aryl methyl sites for hydroxylation is 2. The quantitative estimate of drug-likeness (QED) is 0.923. The smallest absolute Gasteiger partial charge is 0.143 e. The van der Waals surface area contributed by atoms with Crippen molar-refractivity contribution >= 4 is 26.8 Å². The van der Waals surface area contributed by atoms with Crippen LogP contribution in [0.2, 0.25) is 0 Å². The van der Waals surface area contributed by atoms with Crippen molar-refractivity contribution in [2.24, 2.45) is 12.8 Å². The van der Waals surface area contributed by atoms with Crippen LogP contribution in [0.3, 0.4) is 0 Å². The lowest BCUT2D eigenvalue weighted by atomic mass is 10.0. The van der Waals surface area contributed by atoms with Gasteiger partial charge in [-0.2, -0.15) is 0 Å². The summed E-state index contributed by atoms with van der Waals surface area (Å²) in [4.78, 5) is 0. The highest BCUT2D eigenvalue weighted by atomic mass is 79.9. The number of benzene rings is 1. The first kappa shape index (κ1) is 13.4. The molecule has 4 heteroatoms. The van der Waals surface area contributed by atoms with Crippen LogP contribution >= 0.6 is 15.9 Å². The second kappa shape index (κ2) is 4.28. The first-order valence-corrected chi connectivity index (χ1v) is 6.69. The lowest BCUT2D eigenvalue weighted by Gasteiger charge is -2.21. The molecule has 0 bridgehead atoms. The lowest BCUT2D eigenvalue weighted by Crippen LogP contribution is -2.31.